The molecule has 0 fully saturated rings. The number of rotatable bonds is 6. The van der Waals surface area contributed by atoms with Crippen molar-refractivity contribution >= 4 is 22.9 Å². The number of hydrogen-bond donors (Lipinski definition) is 1. The molecule has 0 spiro atoms. The standard InChI is InChI=1S/C16H21ClN2OS/c1-16(2,11-20)19(3)9-12-4-6-13(7-5-12)15-18-14(8-17)10-21-15/h4-7,10,20H,8-9,11H2,1-3H3. The minimum atomic E-state index is -0.219. The molecule has 1 N–H and O–H groups in total. The third-order valence-electron chi connectivity index (χ3n) is 3.73. The van der Waals surface area contributed by atoms with Crippen molar-refractivity contribution in [3.8, 4) is 10.6 Å². The second-order valence-electron chi connectivity index (χ2n) is 5.80. The Hall–Kier alpha value is -0.940. The predicted octanol–water partition coefficient (Wildman–Crippen LogP) is 3.75. The highest BCUT2D eigenvalue weighted by Crippen LogP contribution is 2.25. The van der Waals surface area contributed by atoms with Gasteiger partial charge in [0.05, 0.1) is 18.2 Å². The van der Waals surface area contributed by atoms with Crippen LogP contribution in [-0.2, 0) is 12.4 Å². The van der Waals surface area contributed by atoms with Crippen LogP contribution in [0.25, 0.3) is 10.6 Å². The van der Waals surface area contributed by atoms with Gasteiger partial charge in [0.2, 0.25) is 0 Å². The highest BCUT2D eigenvalue weighted by molar-refractivity contribution is 7.13. The molecule has 0 atom stereocenters. The first-order valence-electron chi connectivity index (χ1n) is 6.88. The van der Waals surface area contributed by atoms with Crippen LogP contribution in [0.1, 0.15) is 25.1 Å². The lowest BCUT2D eigenvalue weighted by Gasteiger charge is -2.33. The first-order valence-corrected chi connectivity index (χ1v) is 8.29. The van der Waals surface area contributed by atoms with Crippen molar-refractivity contribution in [1.82, 2.24) is 9.88 Å². The van der Waals surface area contributed by atoms with Gasteiger partial charge < -0.3 is 5.11 Å². The Balaban J connectivity index is 2.08. The first kappa shape index (κ1) is 16.4. The Morgan fingerprint density at radius 2 is 1.95 bits per heavy atom. The molecule has 0 aliphatic heterocycles. The molecular weight excluding hydrogens is 304 g/mol. The van der Waals surface area contributed by atoms with Crippen molar-refractivity contribution in [3.63, 3.8) is 0 Å². The third kappa shape index (κ3) is 4.04. The lowest BCUT2D eigenvalue weighted by molar-refractivity contribution is 0.0734. The lowest BCUT2D eigenvalue weighted by Crippen LogP contribution is -2.43. The van der Waals surface area contributed by atoms with E-state index in [0.717, 1.165) is 22.8 Å². The second-order valence-corrected chi connectivity index (χ2v) is 6.93. The van der Waals surface area contributed by atoms with Crippen molar-refractivity contribution in [1.29, 1.82) is 0 Å². The van der Waals surface area contributed by atoms with Crippen LogP contribution in [0, 0.1) is 0 Å². The van der Waals surface area contributed by atoms with E-state index in [2.05, 4.69) is 34.1 Å². The summed E-state index contributed by atoms with van der Waals surface area (Å²) in [7, 11) is 2.03. The van der Waals surface area contributed by atoms with Crippen LogP contribution in [0.2, 0.25) is 0 Å². The highest BCUT2D eigenvalue weighted by Gasteiger charge is 2.22. The number of aliphatic hydroxyl groups is 1. The van der Waals surface area contributed by atoms with Crippen LogP contribution in [0.3, 0.4) is 0 Å². The maximum Gasteiger partial charge on any atom is 0.123 e. The number of halogens is 1. The van der Waals surface area contributed by atoms with Crippen LogP contribution >= 0.6 is 22.9 Å². The van der Waals surface area contributed by atoms with Crippen molar-refractivity contribution in [2.45, 2.75) is 31.8 Å². The molecule has 0 saturated heterocycles. The smallest absolute Gasteiger partial charge is 0.123 e. The minimum Gasteiger partial charge on any atom is -0.394 e. The number of aliphatic hydroxyl groups excluding tert-OH is 1. The Morgan fingerprint density at radius 1 is 1.29 bits per heavy atom. The molecule has 1 aromatic carbocycles. The lowest BCUT2D eigenvalue weighted by atomic mass is 10.0. The summed E-state index contributed by atoms with van der Waals surface area (Å²) >= 11 is 7.40. The number of nitrogens with zero attached hydrogens (tertiary/aromatic N) is 2. The van der Waals surface area contributed by atoms with E-state index in [0.29, 0.717) is 5.88 Å². The number of benzene rings is 1. The van der Waals surface area contributed by atoms with E-state index in [1.54, 1.807) is 11.3 Å². The van der Waals surface area contributed by atoms with Gasteiger partial charge in [-0.15, -0.1) is 22.9 Å². The molecule has 1 aromatic heterocycles. The monoisotopic (exact) mass is 324 g/mol. The van der Waals surface area contributed by atoms with E-state index < -0.39 is 0 Å². The Bertz CT molecular complexity index is 580. The van der Waals surface area contributed by atoms with Crippen molar-refractivity contribution in [3.05, 3.63) is 40.9 Å². The SMILES string of the molecule is CN(Cc1ccc(-c2nc(CCl)cs2)cc1)C(C)(C)CO. The van der Waals surface area contributed by atoms with E-state index in [4.69, 9.17) is 11.6 Å². The van der Waals surface area contributed by atoms with E-state index in [1.165, 1.54) is 5.56 Å². The van der Waals surface area contributed by atoms with Crippen molar-refractivity contribution < 1.29 is 5.11 Å². The van der Waals surface area contributed by atoms with Gasteiger partial charge in [-0.05, 0) is 26.5 Å². The van der Waals surface area contributed by atoms with Gasteiger partial charge >= 0.3 is 0 Å². The quantitative estimate of drug-likeness (QED) is 0.822. The molecule has 3 nitrogen and oxygen atoms in total. The van der Waals surface area contributed by atoms with E-state index >= 15 is 0 Å². The molecule has 5 heteroatoms. The minimum absolute atomic E-state index is 0.141. The van der Waals surface area contributed by atoms with E-state index in [-0.39, 0.29) is 12.1 Å². The van der Waals surface area contributed by atoms with Crippen LogP contribution < -0.4 is 0 Å². The highest BCUT2D eigenvalue weighted by atomic mass is 35.5. The molecule has 0 unspecified atom stereocenters. The van der Waals surface area contributed by atoms with Gasteiger partial charge in [0.15, 0.2) is 0 Å². The summed E-state index contributed by atoms with van der Waals surface area (Å²) in [6.45, 7) is 5.01. The Labute approximate surface area is 135 Å². The van der Waals surface area contributed by atoms with Crippen LogP contribution in [-0.4, -0.2) is 34.2 Å². The molecule has 0 amide bonds. The number of hydrogen-bond acceptors (Lipinski definition) is 4. The average molecular weight is 325 g/mol. The molecule has 0 aliphatic carbocycles. The topological polar surface area (TPSA) is 36.4 Å². The van der Waals surface area contributed by atoms with Crippen LogP contribution in [0.15, 0.2) is 29.6 Å². The second kappa shape index (κ2) is 6.88. The summed E-state index contributed by atoms with van der Waals surface area (Å²) in [5.74, 6) is 0.454. The molecule has 0 aliphatic rings. The predicted molar refractivity (Wildman–Crippen MR) is 89.7 cm³/mol. The average Bonchev–Trinajstić information content (AvgIpc) is 2.97. The zero-order valence-corrected chi connectivity index (χ0v) is 14.2. The fraction of sp³-hybridized carbons (Fsp3) is 0.438. The Kier molecular flexibility index (Phi) is 5.38. The normalized spacial score (nSPS) is 12.1. The zero-order valence-electron chi connectivity index (χ0n) is 12.6. The number of aromatic nitrogens is 1. The molecule has 114 valence electrons. The molecule has 0 bridgehead atoms. The van der Waals surface area contributed by atoms with Gasteiger partial charge in [0.25, 0.3) is 0 Å². The summed E-state index contributed by atoms with van der Waals surface area (Å²) in [5.41, 5.74) is 3.04. The zero-order chi connectivity index (χ0) is 15.5. The maximum atomic E-state index is 9.40. The maximum absolute atomic E-state index is 9.40. The summed E-state index contributed by atoms with van der Waals surface area (Å²) in [4.78, 5) is 6.64. The fourth-order valence-corrected chi connectivity index (χ4v) is 2.92. The summed E-state index contributed by atoms with van der Waals surface area (Å²) in [6.07, 6.45) is 0. The molecule has 0 radical (unpaired) electrons. The van der Waals surface area contributed by atoms with Crippen molar-refractivity contribution in [2.75, 3.05) is 13.7 Å². The van der Waals surface area contributed by atoms with Gasteiger partial charge in [-0.2, -0.15) is 0 Å². The summed E-state index contributed by atoms with van der Waals surface area (Å²) in [5, 5.41) is 12.4. The first-order chi connectivity index (χ1) is 9.96. The molecule has 0 saturated carbocycles. The Morgan fingerprint density at radius 3 is 2.48 bits per heavy atom. The van der Waals surface area contributed by atoms with Gasteiger partial charge in [0, 0.05) is 23.0 Å². The number of likely N-dealkylation sites (N-methyl/N-ethyl adjacent to an activating group) is 1. The van der Waals surface area contributed by atoms with Gasteiger partial charge in [0.1, 0.15) is 5.01 Å². The van der Waals surface area contributed by atoms with Crippen molar-refractivity contribution in [2.24, 2.45) is 0 Å². The van der Waals surface area contributed by atoms with Crippen LogP contribution in [0.5, 0.6) is 0 Å². The number of alkyl halides is 1. The molecule has 2 aromatic rings. The van der Waals surface area contributed by atoms with Gasteiger partial charge in [-0.25, -0.2) is 4.98 Å². The summed E-state index contributed by atoms with van der Waals surface area (Å²) < 4.78 is 0. The molecule has 2 rings (SSSR count). The largest absolute Gasteiger partial charge is 0.394 e. The number of thiazole rings is 1. The van der Waals surface area contributed by atoms with Gasteiger partial charge in [-0.3, -0.25) is 4.90 Å². The van der Waals surface area contributed by atoms with Gasteiger partial charge in [-0.1, -0.05) is 24.3 Å². The molecule has 1 heterocycles. The molecular formula is C16H21ClN2OS. The fourth-order valence-electron chi connectivity index (χ4n) is 1.86. The summed E-state index contributed by atoms with van der Waals surface area (Å²) in [6, 6.07) is 8.40. The molecule has 21 heavy (non-hydrogen) atoms. The third-order valence-corrected chi connectivity index (χ3v) is 4.94. The van der Waals surface area contributed by atoms with Crippen LogP contribution in [0.4, 0.5) is 0 Å². The van der Waals surface area contributed by atoms with E-state index in [9.17, 15) is 5.11 Å². The van der Waals surface area contributed by atoms with E-state index in [1.807, 2.05) is 26.3 Å².